The summed E-state index contributed by atoms with van der Waals surface area (Å²) < 4.78 is 28.9. The summed E-state index contributed by atoms with van der Waals surface area (Å²) in [6.07, 6.45) is 0.142. The van der Waals surface area contributed by atoms with Crippen LogP contribution in [0, 0.1) is 0 Å². The number of para-hydroxylation sites is 1. The molecule has 2 aromatic carbocycles. The molecule has 0 aliphatic rings. The Labute approximate surface area is 186 Å². The zero-order valence-corrected chi connectivity index (χ0v) is 19.2. The van der Waals surface area contributed by atoms with Crippen LogP contribution in [0.4, 0.5) is 0 Å². The predicted octanol–water partition coefficient (Wildman–Crippen LogP) is 3.62. The number of nitrogens with zero attached hydrogens (tertiary/aromatic N) is 2. The van der Waals surface area contributed by atoms with E-state index < -0.39 is 10.0 Å². The third kappa shape index (κ3) is 5.49. The van der Waals surface area contributed by atoms with Gasteiger partial charge in [-0.15, -0.1) is 11.3 Å². The second-order valence-electron chi connectivity index (χ2n) is 7.05. The molecule has 3 rings (SSSR count). The molecule has 1 aromatic heterocycles. The van der Waals surface area contributed by atoms with Crippen LogP contribution in [0.5, 0.6) is 5.75 Å². The average molecular weight is 460 g/mol. The van der Waals surface area contributed by atoms with Crippen LogP contribution >= 0.6 is 11.3 Å². The Morgan fingerprint density at radius 1 is 1.23 bits per heavy atom. The van der Waals surface area contributed by atoms with Crippen molar-refractivity contribution in [2.75, 3.05) is 13.7 Å². The normalized spacial score (nSPS) is 12.4. The maximum Gasteiger partial charge on any atom is 0.238 e. The molecule has 1 amide bonds. The van der Waals surface area contributed by atoms with Crippen molar-refractivity contribution in [3.05, 3.63) is 65.2 Å². The van der Waals surface area contributed by atoms with E-state index in [0.29, 0.717) is 17.9 Å². The Morgan fingerprint density at radius 2 is 1.97 bits per heavy atom. The molecule has 9 heteroatoms. The van der Waals surface area contributed by atoms with Crippen molar-refractivity contribution in [2.24, 2.45) is 5.14 Å². The Kier molecular flexibility index (Phi) is 7.09. The van der Waals surface area contributed by atoms with Crippen LogP contribution in [0.25, 0.3) is 10.6 Å². The summed E-state index contributed by atoms with van der Waals surface area (Å²) in [5.41, 5.74) is 2.26. The number of ether oxygens (including phenoxy) is 1. The molecule has 0 fully saturated rings. The molecular formula is C22H25N3O4S2. The molecule has 0 bridgehead atoms. The number of nitrogens with two attached hydrogens (primary N) is 1. The third-order valence-electron chi connectivity index (χ3n) is 4.94. The molecule has 0 radical (unpaired) electrons. The van der Waals surface area contributed by atoms with Crippen LogP contribution in [-0.4, -0.2) is 37.9 Å². The van der Waals surface area contributed by atoms with Gasteiger partial charge in [-0.2, -0.15) is 0 Å². The molecule has 2 N–H and O–H groups in total. The lowest BCUT2D eigenvalue weighted by Crippen LogP contribution is -2.31. The maximum atomic E-state index is 12.8. The lowest BCUT2D eigenvalue weighted by molar-refractivity contribution is -0.131. The zero-order chi connectivity index (χ0) is 22.6. The number of hydrogen-bond acceptors (Lipinski definition) is 6. The number of aromatic nitrogens is 1. The number of primary sulfonamides is 1. The minimum Gasteiger partial charge on any atom is -0.493 e. The smallest absolute Gasteiger partial charge is 0.238 e. The molecule has 0 saturated carbocycles. The Balaban J connectivity index is 1.74. The molecule has 7 nitrogen and oxygen atoms in total. The van der Waals surface area contributed by atoms with Crippen molar-refractivity contribution in [3.8, 4) is 16.3 Å². The number of rotatable bonds is 8. The predicted molar refractivity (Wildman–Crippen MR) is 121 cm³/mol. The van der Waals surface area contributed by atoms with Crippen LogP contribution in [-0.2, 0) is 21.2 Å². The number of amides is 1. The Hall–Kier alpha value is -2.75. The molecule has 0 aliphatic heterocycles. The average Bonchev–Trinajstić information content (AvgIpc) is 3.21. The van der Waals surface area contributed by atoms with E-state index in [1.54, 1.807) is 24.1 Å². The van der Waals surface area contributed by atoms with Crippen molar-refractivity contribution >= 4 is 27.3 Å². The van der Waals surface area contributed by atoms with Gasteiger partial charge in [0, 0.05) is 12.4 Å². The Morgan fingerprint density at radius 3 is 2.68 bits per heavy atom. The molecule has 0 aliphatic carbocycles. The number of carbonyl (C=O) groups excluding carboxylic acids is 1. The number of benzene rings is 2. The molecular weight excluding hydrogens is 434 g/mol. The van der Waals surface area contributed by atoms with E-state index in [2.05, 4.69) is 4.98 Å². The quantitative estimate of drug-likeness (QED) is 0.554. The van der Waals surface area contributed by atoms with Gasteiger partial charge in [-0.1, -0.05) is 24.3 Å². The van der Waals surface area contributed by atoms with Gasteiger partial charge in [0.25, 0.3) is 0 Å². The molecule has 1 unspecified atom stereocenters. The summed E-state index contributed by atoms with van der Waals surface area (Å²) in [5.74, 6) is 0.640. The SMILES string of the molecule is CCOc1ccccc1-c1nc(CC(=O)N(C)C(C)c2cccc(S(N)(=O)=O)c2)cs1. The molecule has 1 atom stereocenters. The largest absolute Gasteiger partial charge is 0.493 e. The summed E-state index contributed by atoms with van der Waals surface area (Å²) >= 11 is 1.46. The third-order valence-corrected chi connectivity index (χ3v) is 6.78. The highest BCUT2D eigenvalue weighted by atomic mass is 32.2. The summed E-state index contributed by atoms with van der Waals surface area (Å²) in [6, 6.07) is 13.7. The highest BCUT2D eigenvalue weighted by molar-refractivity contribution is 7.89. The first-order chi connectivity index (χ1) is 14.7. The van der Waals surface area contributed by atoms with Gasteiger partial charge in [0.1, 0.15) is 10.8 Å². The molecule has 0 spiro atoms. The van der Waals surface area contributed by atoms with E-state index in [-0.39, 0.29) is 23.3 Å². The lowest BCUT2D eigenvalue weighted by Gasteiger charge is -2.25. The van der Waals surface area contributed by atoms with Crippen LogP contribution in [0.3, 0.4) is 0 Å². The van der Waals surface area contributed by atoms with E-state index in [0.717, 1.165) is 16.3 Å². The van der Waals surface area contributed by atoms with Gasteiger partial charge in [-0.05, 0) is 43.7 Å². The molecule has 164 valence electrons. The Bertz CT molecular complexity index is 1170. The minimum atomic E-state index is -3.81. The highest BCUT2D eigenvalue weighted by Gasteiger charge is 2.21. The van der Waals surface area contributed by atoms with Gasteiger partial charge in [0.15, 0.2) is 0 Å². The van der Waals surface area contributed by atoms with Gasteiger partial charge in [-0.25, -0.2) is 18.5 Å². The van der Waals surface area contributed by atoms with Crippen LogP contribution in [0.2, 0.25) is 0 Å². The maximum absolute atomic E-state index is 12.8. The van der Waals surface area contributed by atoms with Gasteiger partial charge in [0.2, 0.25) is 15.9 Å². The van der Waals surface area contributed by atoms with Crippen molar-refractivity contribution < 1.29 is 17.9 Å². The first-order valence-corrected chi connectivity index (χ1v) is 12.2. The summed E-state index contributed by atoms with van der Waals surface area (Å²) in [4.78, 5) is 19.1. The first-order valence-electron chi connectivity index (χ1n) is 9.75. The monoisotopic (exact) mass is 459 g/mol. The molecule has 31 heavy (non-hydrogen) atoms. The zero-order valence-electron chi connectivity index (χ0n) is 17.6. The van der Waals surface area contributed by atoms with Crippen molar-refractivity contribution in [2.45, 2.75) is 31.2 Å². The number of hydrogen-bond donors (Lipinski definition) is 1. The minimum absolute atomic E-state index is 0.0230. The van der Waals surface area contributed by atoms with Crippen LogP contribution in [0.15, 0.2) is 58.8 Å². The standard InChI is InChI=1S/C22H25N3O4S2/c1-4-29-20-11-6-5-10-19(20)22-24-17(14-30-22)13-21(26)25(3)15(2)16-8-7-9-18(12-16)31(23,27)28/h5-12,14-15H,4,13H2,1-3H3,(H2,23,27,28). The fraction of sp³-hybridized carbons (Fsp3) is 0.273. The van der Waals surface area contributed by atoms with Gasteiger partial charge >= 0.3 is 0 Å². The van der Waals surface area contributed by atoms with Crippen molar-refractivity contribution in [1.82, 2.24) is 9.88 Å². The van der Waals surface area contributed by atoms with E-state index in [9.17, 15) is 13.2 Å². The second kappa shape index (κ2) is 9.59. The fourth-order valence-electron chi connectivity index (χ4n) is 3.11. The number of thiazole rings is 1. The summed E-state index contributed by atoms with van der Waals surface area (Å²) in [7, 11) is -2.12. The van der Waals surface area contributed by atoms with Crippen molar-refractivity contribution in [3.63, 3.8) is 0 Å². The number of likely N-dealkylation sites (N-methyl/N-ethyl adjacent to an activating group) is 1. The van der Waals surface area contributed by atoms with Gasteiger partial charge in [0.05, 0.1) is 35.2 Å². The number of sulfonamides is 1. The van der Waals surface area contributed by atoms with Crippen LogP contribution < -0.4 is 9.88 Å². The fourth-order valence-corrected chi connectivity index (χ4v) is 4.53. The van der Waals surface area contributed by atoms with E-state index in [1.807, 2.05) is 43.5 Å². The number of carbonyl (C=O) groups is 1. The first kappa shape index (κ1) is 22.9. The molecule has 3 aromatic rings. The van der Waals surface area contributed by atoms with Crippen molar-refractivity contribution in [1.29, 1.82) is 0 Å². The summed E-state index contributed by atoms with van der Waals surface area (Å²) in [6.45, 7) is 4.33. The molecule has 1 heterocycles. The van der Waals surface area contributed by atoms with Gasteiger partial charge < -0.3 is 9.64 Å². The topological polar surface area (TPSA) is 103 Å². The van der Waals surface area contributed by atoms with E-state index >= 15 is 0 Å². The lowest BCUT2D eigenvalue weighted by atomic mass is 10.1. The summed E-state index contributed by atoms with van der Waals surface area (Å²) in [5, 5.41) is 7.89. The van der Waals surface area contributed by atoms with E-state index in [4.69, 9.17) is 9.88 Å². The van der Waals surface area contributed by atoms with E-state index in [1.165, 1.54) is 23.5 Å². The second-order valence-corrected chi connectivity index (χ2v) is 9.47. The molecule has 0 saturated heterocycles. The van der Waals surface area contributed by atoms with Gasteiger partial charge in [-0.3, -0.25) is 4.79 Å². The highest BCUT2D eigenvalue weighted by Crippen LogP contribution is 2.32. The van der Waals surface area contributed by atoms with Crippen LogP contribution in [0.1, 0.15) is 31.1 Å².